The van der Waals surface area contributed by atoms with Crippen LogP contribution in [0, 0.1) is 0 Å². The van der Waals surface area contributed by atoms with E-state index in [2.05, 4.69) is 118 Å². The number of esters is 3. The summed E-state index contributed by atoms with van der Waals surface area (Å²) in [7, 11) is 0. The third-order valence-corrected chi connectivity index (χ3v) is 12.6. The average Bonchev–Trinajstić information content (AvgIpc) is 3.37. The van der Waals surface area contributed by atoms with Gasteiger partial charge in [0.1, 0.15) is 13.2 Å². The highest BCUT2D eigenvalue weighted by atomic mass is 16.6. The van der Waals surface area contributed by atoms with Gasteiger partial charge < -0.3 is 14.2 Å². The Labute approximate surface area is 438 Å². The molecule has 0 bridgehead atoms. The highest BCUT2D eigenvalue weighted by Crippen LogP contribution is 2.16. The normalized spacial score (nSPS) is 12.8. The second-order valence-corrected chi connectivity index (χ2v) is 19.5. The molecule has 0 rings (SSSR count). The highest BCUT2D eigenvalue weighted by molar-refractivity contribution is 5.71. The van der Waals surface area contributed by atoms with Crippen LogP contribution in [0.3, 0.4) is 0 Å². The SMILES string of the molecule is CC/C=C\C/C=C\C/C=C\C/C=C\C/C=C\CCCCCC(=O)OC[C@H](COC(=O)CCCCCCC/C=C\C/C=C\C/C=C\CC)OC(=O)CCCCCCCCCCCCCCCCCCCCC. The van der Waals surface area contributed by atoms with E-state index in [0.717, 1.165) is 135 Å². The molecule has 0 N–H and O–H groups in total. The molecule has 0 unspecified atom stereocenters. The van der Waals surface area contributed by atoms with Crippen LogP contribution in [0.1, 0.15) is 278 Å². The van der Waals surface area contributed by atoms with Gasteiger partial charge in [0.25, 0.3) is 0 Å². The molecule has 71 heavy (non-hydrogen) atoms. The van der Waals surface area contributed by atoms with Gasteiger partial charge >= 0.3 is 17.9 Å². The van der Waals surface area contributed by atoms with Gasteiger partial charge in [-0.1, -0.05) is 259 Å². The Balaban J connectivity index is 4.44. The van der Waals surface area contributed by atoms with Crippen molar-refractivity contribution >= 4 is 17.9 Å². The van der Waals surface area contributed by atoms with Gasteiger partial charge in [0.05, 0.1) is 0 Å². The zero-order chi connectivity index (χ0) is 51.4. The van der Waals surface area contributed by atoms with Crippen LogP contribution in [0.15, 0.2) is 97.2 Å². The van der Waals surface area contributed by atoms with Crippen molar-refractivity contribution in [3.05, 3.63) is 97.2 Å². The van der Waals surface area contributed by atoms with Crippen molar-refractivity contribution < 1.29 is 28.6 Å². The summed E-state index contributed by atoms with van der Waals surface area (Å²) in [6, 6.07) is 0. The third kappa shape index (κ3) is 57.1. The Morgan fingerprint density at radius 1 is 0.296 bits per heavy atom. The van der Waals surface area contributed by atoms with Crippen LogP contribution in [-0.4, -0.2) is 37.2 Å². The molecule has 0 amide bonds. The van der Waals surface area contributed by atoms with Crippen LogP contribution >= 0.6 is 0 Å². The minimum absolute atomic E-state index is 0.0960. The number of carbonyl (C=O) groups excluding carboxylic acids is 3. The van der Waals surface area contributed by atoms with Crippen LogP contribution < -0.4 is 0 Å². The fraction of sp³-hybridized carbons (Fsp3) is 0.708. The molecule has 0 aromatic rings. The van der Waals surface area contributed by atoms with Crippen molar-refractivity contribution in [1.82, 2.24) is 0 Å². The minimum Gasteiger partial charge on any atom is -0.462 e. The molecule has 406 valence electrons. The molecule has 0 aromatic carbocycles. The highest BCUT2D eigenvalue weighted by Gasteiger charge is 2.19. The number of hydrogen-bond acceptors (Lipinski definition) is 6. The van der Waals surface area contributed by atoms with Crippen molar-refractivity contribution in [2.24, 2.45) is 0 Å². The number of unbranched alkanes of at least 4 members (excludes halogenated alkanes) is 26. The standard InChI is InChI=1S/C65H110O6/c1-4-7-10-13-16-19-22-25-28-30-32-34-37-40-43-46-49-52-55-58-64(67)70-61-62(60-69-63(66)57-54-51-48-45-42-39-36-27-24-21-18-15-12-9-6-3)71-65(68)59-56-53-50-47-44-41-38-35-33-31-29-26-23-20-17-14-11-8-5-2/h7,9-10,12,16,18-19,21,25,27-28,32,34,36,40,43,62H,4-6,8,11,13-15,17,20,22-24,26,29-31,33,35,37-39,41-42,44-61H2,1-3H3/b10-7-,12-9-,19-16-,21-18-,28-25-,34-32-,36-27-,43-40-/t62-/m0/s1. The van der Waals surface area contributed by atoms with E-state index in [0.29, 0.717) is 19.3 Å². The summed E-state index contributed by atoms with van der Waals surface area (Å²) in [5.41, 5.74) is 0. The summed E-state index contributed by atoms with van der Waals surface area (Å²) in [6.45, 7) is 6.39. The molecule has 1 atom stereocenters. The molecule has 0 aromatic heterocycles. The minimum atomic E-state index is -0.799. The smallest absolute Gasteiger partial charge is 0.306 e. The van der Waals surface area contributed by atoms with E-state index >= 15 is 0 Å². The molecule has 0 aliphatic carbocycles. The van der Waals surface area contributed by atoms with E-state index in [4.69, 9.17) is 14.2 Å². The average molecular weight is 988 g/mol. The quantitative estimate of drug-likeness (QED) is 0.0261. The van der Waals surface area contributed by atoms with Gasteiger partial charge in [-0.25, -0.2) is 0 Å². The second kappa shape index (κ2) is 58.9. The largest absolute Gasteiger partial charge is 0.462 e. The summed E-state index contributed by atoms with van der Waals surface area (Å²) < 4.78 is 16.9. The Bertz CT molecular complexity index is 1410. The van der Waals surface area contributed by atoms with Crippen LogP contribution in [-0.2, 0) is 28.6 Å². The van der Waals surface area contributed by atoms with Gasteiger partial charge in [-0.3, -0.25) is 14.4 Å². The zero-order valence-corrected chi connectivity index (χ0v) is 46.5. The number of carbonyl (C=O) groups is 3. The molecule has 0 saturated heterocycles. The molecule has 6 nitrogen and oxygen atoms in total. The van der Waals surface area contributed by atoms with Gasteiger partial charge in [0, 0.05) is 19.3 Å². The van der Waals surface area contributed by atoms with E-state index in [1.54, 1.807) is 0 Å². The fourth-order valence-electron chi connectivity index (χ4n) is 8.19. The van der Waals surface area contributed by atoms with E-state index in [1.165, 1.54) is 103 Å². The zero-order valence-electron chi connectivity index (χ0n) is 46.5. The Hall–Kier alpha value is -3.67. The van der Waals surface area contributed by atoms with Crippen molar-refractivity contribution in [3.63, 3.8) is 0 Å². The Morgan fingerprint density at radius 2 is 0.549 bits per heavy atom. The maximum atomic E-state index is 12.9. The van der Waals surface area contributed by atoms with Crippen LogP contribution in [0.25, 0.3) is 0 Å². The predicted molar refractivity (Wildman–Crippen MR) is 307 cm³/mol. The second-order valence-electron chi connectivity index (χ2n) is 19.5. The van der Waals surface area contributed by atoms with Crippen LogP contribution in [0.5, 0.6) is 0 Å². The Kier molecular flexibility index (Phi) is 55.9. The Morgan fingerprint density at radius 3 is 0.873 bits per heavy atom. The molecule has 0 spiro atoms. The van der Waals surface area contributed by atoms with Gasteiger partial charge in [-0.05, 0) is 96.3 Å². The topological polar surface area (TPSA) is 78.9 Å². The summed E-state index contributed by atoms with van der Waals surface area (Å²) in [4.78, 5) is 38.2. The lowest BCUT2D eigenvalue weighted by atomic mass is 10.0. The first-order valence-electron chi connectivity index (χ1n) is 29.7. The fourth-order valence-corrected chi connectivity index (χ4v) is 8.19. The number of allylic oxidation sites excluding steroid dienone is 16. The third-order valence-electron chi connectivity index (χ3n) is 12.6. The van der Waals surface area contributed by atoms with Crippen molar-refractivity contribution in [1.29, 1.82) is 0 Å². The van der Waals surface area contributed by atoms with E-state index in [9.17, 15) is 14.4 Å². The summed E-state index contributed by atoms with van der Waals surface area (Å²) in [6.07, 6.45) is 78.3. The lowest BCUT2D eigenvalue weighted by Crippen LogP contribution is -2.30. The summed E-state index contributed by atoms with van der Waals surface area (Å²) in [5.74, 6) is -0.936. The van der Waals surface area contributed by atoms with Crippen LogP contribution in [0.2, 0.25) is 0 Å². The molecule has 6 heteroatoms. The van der Waals surface area contributed by atoms with E-state index < -0.39 is 6.10 Å². The van der Waals surface area contributed by atoms with Gasteiger partial charge in [-0.15, -0.1) is 0 Å². The van der Waals surface area contributed by atoms with E-state index in [1.807, 2.05) is 0 Å². The molecule has 0 radical (unpaired) electrons. The number of hydrogen-bond donors (Lipinski definition) is 0. The van der Waals surface area contributed by atoms with E-state index in [-0.39, 0.29) is 31.1 Å². The molecular formula is C65H110O6. The lowest BCUT2D eigenvalue weighted by molar-refractivity contribution is -0.167. The monoisotopic (exact) mass is 987 g/mol. The molecule has 0 fully saturated rings. The molecular weight excluding hydrogens is 877 g/mol. The first-order valence-corrected chi connectivity index (χ1v) is 29.7. The maximum absolute atomic E-state index is 12.9. The summed E-state index contributed by atoms with van der Waals surface area (Å²) >= 11 is 0. The van der Waals surface area contributed by atoms with Crippen molar-refractivity contribution in [3.8, 4) is 0 Å². The molecule has 0 saturated carbocycles. The first kappa shape index (κ1) is 67.3. The first-order chi connectivity index (χ1) is 35.0. The van der Waals surface area contributed by atoms with Crippen molar-refractivity contribution in [2.45, 2.75) is 284 Å². The molecule has 0 aliphatic heterocycles. The van der Waals surface area contributed by atoms with Gasteiger partial charge in [0.2, 0.25) is 0 Å². The predicted octanol–water partition coefficient (Wildman–Crippen LogP) is 20.1. The number of rotatable bonds is 53. The molecule has 0 aliphatic rings. The van der Waals surface area contributed by atoms with Crippen LogP contribution in [0.4, 0.5) is 0 Å². The van der Waals surface area contributed by atoms with Gasteiger partial charge in [-0.2, -0.15) is 0 Å². The number of ether oxygens (including phenoxy) is 3. The lowest BCUT2D eigenvalue weighted by Gasteiger charge is -2.18. The van der Waals surface area contributed by atoms with Crippen molar-refractivity contribution in [2.75, 3.05) is 13.2 Å². The van der Waals surface area contributed by atoms with Gasteiger partial charge in [0.15, 0.2) is 6.10 Å². The maximum Gasteiger partial charge on any atom is 0.306 e. The summed E-state index contributed by atoms with van der Waals surface area (Å²) in [5, 5.41) is 0. The molecule has 0 heterocycles.